The molecule has 0 amide bonds. The summed E-state index contributed by atoms with van der Waals surface area (Å²) in [5.74, 6) is 0. The molecule has 0 fully saturated rings. The Bertz CT molecular complexity index is 29.0. The first kappa shape index (κ1) is 3.69. The fourth-order valence-electron chi connectivity index (χ4n) is 0. The summed E-state index contributed by atoms with van der Waals surface area (Å²) in [6, 6.07) is 0. The van der Waals surface area contributed by atoms with Crippen LogP contribution >= 0.6 is 12.2 Å². The minimum Gasteiger partial charge on any atom is -0.377 e. The van der Waals surface area contributed by atoms with E-state index in [9.17, 15) is 0 Å². The maximum Gasteiger partial charge on any atom is 0.160 e. The second-order valence-electron chi connectivity index (χ2n) is 0.402. The van der Waals surface area contributed by atoms with E-state index in [0.29, 0.717) is 0 Å². The molecule has 0 aromatic heterocycles. The van der Waals surface area contributed by atoms with Gasteiger partial charge in [-0.2, -0.15) is 0 Å². The van der Waals surface area contributed by atoms with Crippen molar-refractivity contribution in [2.75, 3.05) is 0 Å². The summed E-state index contributed by atoms with van der Waals surface area (Å²) in [4.78, 5) is 0. The Morgan fingerprint density at radius 1 is 1.50 bits per heavy atom. The van der Waals surface area contributed by atoms with Gasteiger partial charge in [0.05, 0.1) is 0 Å². The van der Waals surface area contributed by atoms with Crippen LogP contribution in [0.15, 0.2) is 0 Å². The second-order valence-corrected chi connectivity index (χ2v) is 0.874. The minimum absolute atomic E-state index is 0.000000000000000222. The van der Waals surface area contributed by atoms with Gasteiger partial charge in [-0.15, -0.1) is 0 Å². The zero-order valence-electron chi connectivity index (χ0n) is 2.06. The highest BCUT2D eigenvalue weighted by atomic mass is 32.1. The van der Waals surface area contributed by atoms with Crippen molar-refractivity contribution in [1.82, 2.24) is 0 Å². The Hall–Kier alpha value is -0.310. The lowest BCUT2D eigenvalue weighted by Gasteiger charge is -1.68. The van der Waals surface area contributed by atoms with Crippen molar-refractivity contribution in [3.05, 3.63) is 0 Å². The number of thiocarbonyl (C=S) groups is 1. The van der Waals surface area contributed by atoms with E-state index in [0.717, 1.165) is 0 Å². The monoisotopic (exact) mass is 78.0 g/mol. The van der Waals surface area contributed by atoms with Crippen molar-refractivity contribution in [2.45, 2.75) is 0 Å². The third-order valence-electron chi connectivity index (χ3n) is 0. The van der Waals surface area contributed by atoms with Crippen LogP contribution in [0, 0.1) is 0 Å². The van der Waals surface area contributed by atoms with Crippen LogP contribution in [0.5, 0.6) is 0 Å². The first-order chi connectivity index (χ1) is 1.73. The fourth-order valence-corrected chi connectivity index (χ4v) is 0. The van der Waals surface area contributed by atoms with Gasteiger partial charge in [0, 0.05) is 0 Å². The summed E-state index contributed by atoms with van der Waals surface area (Å²) < 4.78 is 0. The molecule has 0 aliphatic rings. The molecule has 0 rings (SSSR count). The van der Waals surface area contributed by atoms with Gasteiger partial charge >= 0.3 is 0 Å². The van der Waals surface area contributed by atoms with Crippen LogP contribution in [0.4, 0.5) is 0 Å². The Balaban J connectivity index is 2.80. The first-order valence-corrected chi connectivity index (χ1v) is 1.19. The molecule has 4 heavy (non-hydrogen) atoms. The van der Waals surface area contributed by atoms with E-state index < -0.39 is 0 Å². The predicted molar refractivity (Wildman–Crippen MR) is 21.0 cm³/mol. The molecule has 0 saturated carbocycles. The molecule has 0 aliphatic carbocycles. The van der Waals surface area contributed by atoms with Crippen LogP contribution in [0.1, 0.15) is 0 Å². The molecule has 24 valence electrons. The lowest BCUT2D eigenvalue weighted by molar-refractivity contribution is 1.65. The highest BCUT2D eigenvalue weighted by Crippen LogP contribution is 1.32. The van der Waals surface area contributed by atoms with Crippen molar-refractivity contribution >= 4 is 17.3 Å². The van der Waals surface area contributed by atoms with Crippen molar-refractivity contribution in [3.63, 3.8) is 0 Å². The lowest BCUT2D eigenvalue weighted by Crippen LogP contribution is -2.18. The highest BCUT2D eigenvalue weighted by Gasteiger charge is 1.53. The van der Waals surface area contributed by atoms with Crippen LogP contribution in [-0.4, -0.2) is 5.11 Å². The molecule has 0 heterocycles. The van der Waals surface area contributed by atoms with Gasteiger partial charge in [-0.25, -0.2) is 0 Å². The molecule has 0 atom stereocenters. The average Bonchev–Trinajstić information content (AvgIpc) is 0.811. The summed E-state index contributed by atoms with van der Waals surface area (Å²) in [7, 11) is 0. The van der Waals surface area contributed by atoms with Gasteiger partial charge in [0.15, 0.2) is 5.11 Å². The van der Waals surface area contributed by atoms with Crippen molar-refractivity contribution in [1.29, 1.82) is 0 Å². The number of hydrogen-bond acceptors (Lipinski definition) is 1. The van der Waals surface area contributed by atoms with Gasteiger partial charge in [-0.3, -0.25) is 0 Å². The molecule has 3 heteroatoms. The van der Waals surface area contributed by atoms with Gasteiger partial charge in [-0.05, 0) is 12.2 Å². The van der Waals surface area contributed by atoms with Crippen LogP contribution < -0.4 is 11.5 Å². The fraction of sp³-hybridized carbons (Fsp3) is 0. The van der Waals surface area contributed by atoms with Crippen molar-refractivity contribution in [3.8, 4) is 0 Å². The molecule has 0 aromatic rings. The summed E-state index contributed by atoms with van der Waals surface area (Å²) in [6.07, 6.45) is 0. The van der Waals surface area contributed by atoms with E-state index >= 15 is 0 Å². The van der Waals surface area contributed by atoms with Gasteiger partial charge in [0.25, 0.3) is 0 Å². The smallest absolute Gasteiger partial charge is 0.160 e. The van der Waals surface area contributed by atoms with Crippen molar-refractivity contribution in [2.24, 2.45) is 11.5 Å². The molecule has 0 spiro atoms. The van der Waals surface area contributed by atoms with E-state index in [4.69, 9.17) is 0 Å². The number of nitrogens with two attached hydrogens (primary N) is 2. The molecular formula is CH4N2S. The standard InChI is InChI=1S/CH4N2S/c2-1(3)4/h(H4,2,3,4)/i2+1,3+1. The van der Waals surface area contributed by atoms with Crippen LogP contribution in [0.3, 0.4) is 0 Å². The maximum atomic E-state index is 4.62. The molecule has 0 aromatic carbocycles. The average molecular weight is 78.1 g/mol. The Labute approximate surface area is 29.8 Å². The van der Waals surface area contributed by atoms with E-state index in [-0.39, 0.29) is 5.11 Å². The quantitative estimate of drug-likeness (QED) is 0.294. The van der Waals surface area contributed by atoms with Crippen LogP contribution in [-0.2, 0) is 0 Å². The predicted octanol–water partition coefficient (Wildman–Crippen LogP) is -0.811. The SMILES string of the molecule is [15NH2]C([15NH2])=S. The molecule has 4 N–H and O–H groups in total. The van der Waals surface area contributed by atoms with Crippen molar-refractivity contribution < 1.29 is 0 Å². The van der Waals surface area contributed by atoms with Gasteiger partial charge in [0.2, 0.25) is 0 Å². The molecular weight excluding hydrogens is 74.1 g/mol. The van der Waals surface area contributed by atoms with Crippen LogP contribution in [0.2, 0.25) is 0 Å². The third-order valence-corrected chi connectivity index (χ3v) is 0. The summed E-state index contributed by atoms with van der Waals surface area (Å²) in [6.45, 7) is 0. The Morgan fingerprint density at radius 2 is 1.50 bits per heavy atom. The summed E-state index contributed by atoms with van der Waals surface area (Å²) in [5.41, 5.74) is 9.24. The van der Waals surface area contributed by atoms with Gasteiger partial charge in [0.1, 0.15) is 0 Å². The van der Waals surface area contributed by atoms with E-state index in [1.807, 2.05) is 0 Å². The largest absolute Gasteiger partial charge is 0.377 e. The normalized spacial score (nSPS) is 6.00. The van der Waals surface area contributed by atoms with Gasteiger partial charge in [-0.1, -0.05) is 0 Å². The molecule has 0 aliphatic heterocycles. The highest BCUT2D eigenvalue weighted by molar-refractivity contribution is 7.80. The first-order valence-electron chi connectivity index (χ1n) is 0.781. The van der Waals surface area contributed by atoms with E-state index in [1.54, 1.807) is 0 Å². The number of hydrogen-bond donors (Lipinski definition) is 2. The zero-order chi connectivity index (χ0) is 3.58. The molecule has 0 bridgehead atoms. The lowest BCUT2D eigenvalue weighted by atomic mass is 11.4. The molecule has 0 radical (unpaired) electrons. The Kier molecular flexibility index (Phi) is 0.979. The zero-order valence-corrected chi connectivity index (χ0v) is 2.88. The molecule has 0 saturated heterocycles. The van der Waals surface area contributed by atoms with Gasteiger partial charge < -0.3 is 11.5 Å². The summed E-state index contributed by atoms with van der Waals surface area (Å²) in [5, 5.41) is 0.000000000000000222. The molecule has 2 nitrogen and oxygen atoms in total. The third kappa shape index (κ3) is 8.37. The van der Waals surface area contributed by atoms with E-state index in [1.165, 1.54) is 0 Å². The minimum atomic E-state index is 0.000000000000000222. The maximum absolute atomic E-state index is 4.62. The van der Waals surface area contributed by atoms with E-state index in [2.05, 4.69) is 23.7 Å². The van der Waals surface area contributed by atoms with Crippen LogP contribution in [0.25, 0.3) is 0 Å². The number of rotatable bonds is 0. The Morgan fingerprint density at radius 3 is 1.50 bits per heavy atom. The topological polar surface area (TPSA) is 52.0 Å². The second kappa shape index (κ2) is 1.06. The molecule has 0 unspecified atom stereocenters. The summed E-state index contributed by atoms with van der Waals surface area (Å²) >= 11 is 4.09.